The number of benzene rings is 2. The Morgan fingerprint density at radius 3 is 2.22 bits per heavy atom. The third-order valence-corrected chi connectivity index (χ3v) is 8.71. The Morgan fingerprint density at radius 2 is 1.53 bits per heavy atom. The number of allylic oxidation sites excluding steroid dienone is 8. The molecule has 3 aliphatic rings. The molecule has 2 aliphatic heterocycles. The predicted octanol–water partition coefficient (Wildman–Crippen LogP) is 8.78. The molecule has 2 heterocycles. The van der Waals surface area contributed by atoms with E-state index in [2.05, 4.69) is 124 Å². The molecule has 0 N–H and O–H groups in total. The molecule has 2 aromatic rings. The molecule has 0 aromatic heterocycles. The van der Waals surface area contributed by atoms with Gasteiger partial charge in [0.15, 0.2) is 5.71 Å². The number of hydrogen-bond acceptors (Lipinski definition) is 1. The molecule has 36 heavy (non-hydrogen) atoms. The van der Waals surface area contributed by atoms with E-state index in [4.69, 9.17) is 11.6 Å². The summed E-state index contributed by atoms with van der Waals surface area (Å²) in [6, 6.07) is 17.4. The van der Waals surface area contributed by atoms with Gasteiger partial charge in [-0.2, -0.15) is 4.58 Å². The molecule has 0 saturated carbocycles. The van der Waals surface area contributed by atoms with Crippen molar-refractivity contribution in [2.24, 2.45) is 0 Å². The van der Waals surface area contributed by atoms with Crippen LogP contribution in [-0.2, 0) is 10.8 Å². The second kappa shape index (κ2) is 9.98. The van der Waals surface area contributed by atoms with Crippen molar-refractivity contribution in [3.05, 3.63) is 106 Å². The highest BCUT2D eigenvalue weighted by molar-refractivity contribution is 14.0. The normalized spacial score (nSPS) is 22.5. The Labute approximate surface area is 238 Å². The minimum atomic E-state index is -0.0275. The zero-order valence-electron chi connectivity index (χ0n) is 22.2. The standard InChI is InChI=1S/C32H36ClN2.HI/c1-31(2)24-14-7-9-16-26(24)34(5)28(31)20-18-22-12-11-13-23(30(22)33)19-21-29-32(3,4)25-15-8-10-17-27(25)35(29)6;/h7-10,14-21H,11-13H2,1-6H3;1H/q+1;. The van der Waals surface area contributed by atoms with Gasteiger partial charge in [0, 0.05) is 46.6 Å². The molecule has 0 unspecified atom stereocenters. The van der Waals surface area contributed by atoms with Crippen LogP contribution in [0.15, 0.2) is 94.7 Å². The van der Waals surface area contributed by atoms with E-state index in [-0.39, 0.29) is 34.8 Å². The van der Waals surface area contributed by atoms with E-state index in [0.717, 1.165) is 24.3 Å². The minimum absolute atomic E-state index is 0. The van der Waals surface area contributed by atoms with Crippen LogP contribution in [0.2, 0.25) is 0 Å². The molecule has 0 radical (unpaired) electrons. The van der Waals surface area contributed by atoms with Crippen LogP contribution in [0.3, 0.4) is 0 Å². The first-order chi connectivity index (χ1) is 16.6. The molecular formula is C32H37ClIN2+. The largest absolute Gasteiger partial charge is 0.347 e. The molecule has 0 fully saturated rings. The van der Waals surface area contributed by atoms with Crippen molar-refractivity contribution in [3.8, 4) is 0 Å². The highest BCUT2D eigenvalue weighted by Gasteiger charge is 2.42. The number of rotatable bonds is 3. The Hall–Kier alpha value is -2.11. The van der Waals surface area contributed by atoms with Crippen molar-refractivity contribution in [2.45, 2.75) is 57.8 Å². The van der Waals surface area contributed by atoms with Gasteiger partial charge >= 0.3 is 0 Å². The van der Waals surface area contributed by atoms with E-state index < -0.39 is 0 Å². The molecule has 188 valence electrons. The summed E-state index contributed by atoms with van der Waals surface area (Å²) in [6.07, 6.45) is 12.2. The Morgan fingerprint density at radius 1 is 0.861 bits per heavy atom. The summed E-state index contributed by atoms with van der Waals surface area (Å²) in [5.41, 5.74) is 10.4. The molecule has 0 atom stereocenters. The number of nitrogens with zero attached hydrogens (tertiary/aromatic N) is 2. The van der Waals surface area contributed by atoms with Crippen LogP contribution in [0.25, 0.3) is 0 Å². The van der Waals surface area contributed by atoms with Crippen LogP contribution >= 0.6 is 35.6 Å². The molecule has 5 rings (SSSR count). The maximum absolute atomic E-state index is 7.01. The van der Waals surface area contributed by atoms with Crippen molar-refractivity contribution < 1.29 is 4.58 Å². The van der Waals surface area contributed by atoms with Gasteiger partial charge < -0.3 is 4.90 Å². The first-order valence-electron chi connectivity index (χ1n) is 12.7. The Bertz CT molecular complexity index is 1350. The number of fused-ring (bicyclic) bond motifs is 2. The summed E-state index contributed by atoms with van der Waals surface area (Å²) >= 11 is 7.01. The molecule has 1 aliphatic carbocycles. The van der Waals surface area contributed by atoms with Gasteiger partial charge in [-0.1, -0.05) is 74.0 Å². The molecule has 4 heteroatoms. The number of hydrogen-bond donors (Lipinski definition) is 0. The Kier molecular flexibility index (Phi) is 7.47. The maximum Gasteiger partial charge on any atom is 0.209 e. The van der Waals surface area contributed by atoms with Crippen LogP contribution in [0.1, 0.15) is 58.1 Å². The molecule has 2 nitrogen and oxygen atoms in total. The van der Waals surface area contributed by atoms with Crippen molar-refractivity contribution >= 4 is 52.7 Å². The predicted molar refractivity (Wildman–Crippen MR) is 166 cm³/mol. The number of halogens is 2. The zero-order chi connectivity index (χ0) is 25.0. The fraction of sp³-hybridized carbons (Fsp3) is 0.344. The number of likely N-dealkylation sites (N-methyl/N-ethyl adjacent to an activating group) is 1. The first kappa shape index (κ1) is 26.9. The van der Waals surface area contributed by atoms with E-state index in [1.54, 1.807) is 0 Å². The van der Waals surface area contributed by atoms with Crippen LogP contribution in [0.4, 0.5) is 11.4 Å². The lowest BCUT2D eigenvalue weighted by Gasteiger charge is -2.24. The summed E-state index contributed by atoms with van der Waals surface area (Å²) in [5, 5.41) is 0.914. The summed E-state index contributed by atoms with van der Waals surface area (Å²) in [5.74, 6) is 0. The highest BCUT2D eigenvalue weighted by Crippen LogP contribution is 2.47. The zero-order valence-corrected chi connectivity index (χ0v) is 25.3. The van der Waals surface area contributed by atoms with E-state index in [1.165, 1.54) is 45.1 Å². The van der Waals surface area contributed by atoms with Crippen molar-refractivity contribution in [1.29, 1.82) is 0 Å². The van der Waals surface area contributed by atoms with E-state index in [9.17, 15) is 0 Å². The van der Waals surface area contributed by atoms with Crippen LogP contribution in [0.5, 0.6) is 0 Å². The third kappa shape index (κ3) is 4.32. The molecule has 0 amide bonds. The van der Waals surface area contributed by atoms with Gasteiger partial charge in [-0.3, -0.25) is 0 Å². The van der Waals surface area contributed by atoms with Crippen molar-refractivity contribution in [2.75, 3.05) is 19.0 Å². The van der Waals surface area contributed by atoms with Gasteiger partial charge in [0.05, 0.1) is 5.41 Å². The van der Waals surface area contributed by atoms with E-state index in [1.807, 2.05) is 0 Å². The van der Waals surface area contributed by atoms with Gasteiger partial charge in [0.1, 0.15) is 7.05 Å². The summed E-state index contributed by atoms with van der Waals surface area (Å²) < 4.78 is 2.32. The SMILES string of the molecule is CN1/C(=C/C=C2\CCCC(/C=C/C3=[N+](C)c4ccccc4C3(C)C)=C2Cl)C(C)(C)c2ccccc21.I. The fourth-order valence-electron chi connectivity index (χ4n) is 6.17. The quantitative estimate of drug-likeness (QED) is 0.248. The lowest BCUT2D eigenvalue weighted by molar-refractivity contribution is -0.401. The summed E-state index contributed by atoms with van der Waals surface area (Å²) in [6.45, 7) is 9.23. The van der Waals surface area contributed by atoms with Crippen molar-refractivity contribution in [1.82, 2.24) is 0 Å². The highest BCUT2D eigenvalue weighted by atomic mass is 127. The maximum atomic E-state index is 7.01. The fourth-order valence-corrected chi connectivity index (χ4v) is 6.49. The Balaban J connectivity index is 0.00000304. The van der Waals surface area contributed by atoms with Gasteiger partial charge in [0.25, 0.3) is 0 Å². The van der Waals surface area contributed by atoms with Gasteiger partial charge in [0.2, 0.25) is 5.69 Å². The minimum Gasteiger partial charge on any atom is -0.347 e. The van der Waals surface area contributed by atoms with E-state index in [0.29, 0.717) is 0 Å². The summed E-state index contributed by atoms with van der Waals surface area (Å²) in [4.78, 5) is 2.32. The molecule has 2 aromatic carbocycles. The third-order valence-electron chi connectivity index (χ3n) is 8.22. The monoisotopic (exact) mass is 611 g/mol. The van der Waals surface area contributed by atoms with Crippen molar-refractivity contribution in [3.63, 3.8) is 0 Å². The summed E-state index contributed by atoms with van der Waals surface area (Å²) in [7, 11) is 4.33. The van der Waals surface area contributed by atoms with E-state index >= 15 is 0 Å². The second-order valence-corrected chi connectivity index (χ2v) is 11.4. The van der Waals surface area contributed by atoms with Crippen LogP contribution in [0, 0.1) is 0 Å². The number of anilines is 1. The lowest BCUT2D eigenvalue weighted by Crippen LogP contribution is -2.26. The second-order valence-electron chi connectivity index (χ2n) is 11.1. The molecule has 0 spiro atoms. The molecule has 0 bridgehead atoms. The average Bonchev–Trinajstić information content (AvgIpc) is 3.16. The van der Waals surface area contributed by atoms with Gasteiger partial charge in [-0.25, -0.2) is 0 Å². The first-order valence-corrected chi connectivity index (χ1v) is 13.0. The lowest BCUT2D eigenvalue weighted by atomic mass is 9.81. The van der Waals surface area contributed by atoms with Crippen LogP contribution < -0.4 is 4.90 Å². The van der Waals surface area contributed by atoms with Gasteiger partial charge in [-0.15, -0.1) is 24.0 Å². The topological polar surface area (TPSA) is 6.25 Å². The molecule has 0 saturated heterocycles. The number of para-hydroxylation sites is 2. The smallest absolute Gasteiger partial charge is 0.209 e. The average molecular weight is 612 g/mol. The van der Waals surface area contributed by atoms with Gasteiger partial charge in [-0.05, 0) is 62.0 Å². The van der Waals surface area contributed by atoms with Crippen LogP contribution in [-0.4, -0.2) is 24.4 Å². The molecular weight excluding hydrogens is 575 g/mol.